The fourth-order valence-electron chi connectivity index (χ4n) is 4.24. The summed E-state index contributed by atoms with van der Waals surface area (Å²) in [5.41, 5.74) is 2.28. The molecule has 2 atom stereocenters. The Bertz CT molecular complexity index is 845. The summed E-state index contributed by atoms with van der Waals surface area (Å²) in [7, 11) is 5.60. The van der Waals surface area contributed by atoms with Crippen LogP contribution in [0.4, 0.5) is 0 Å². The zero-order valence-electron chi connectivity index (χ0n) is 16.6. The number of aromatic nitrogens is 3. The van der Waals surface area contributed by atoms with Gasteiger partial charge in [0.2, 0.25) is 0 Å². The highest BCUT2D eigenvalue weighted by molar-refractivity contribution is 5.93. The molecule has 0 radical (unpaired) electrons. The topological polar surface area (TPSA) is 70.1 Å². The lowest BCUT2D eigenvalue weighted by molar-refractivity contribution is 0.0582. The highest BCUT2D eigenvalue weighted by Gasteiger charge is 2.34. The molecule has 1 fully saturated rings. The monoisotopic (exact) mass is 368 g/mol. The Kier molecular flexibility index (Phi) is 5.66. The molecule has 7 nitrogen and oxygen atoms in total. The van der Waals surface area contributed by atoms with Crippen LogP contribution in [0.5, 0.6) is 0 Å². The molecule has 0 N–H and O–H groups in total. The smallest absolute Gasteiger partial charge is 0.270 e. The van der Waals surface area contributed by atoms with Gasteiger partial charge in [-0.2, -0.15) is 10.4 Å². The molecule has 0 spiro atoms. The van der Waals surface area contributed by atoms with Crippen molar-refractivity contribution in [2.75, 3.05) is 26.7 Å². The third kappa shape index (κ3) is 3.91. The number of hydrogen-bond donors (Lipinski definition) is 0. The van der Waals surface area contributed by atoms with Gasteiger partial charge in [0.25, 0.3) is 5.91 Å². The quantitative estimate of drug-likeness (QED) is 0.811. The fraction of sp³-hybridized carbons (Fsp3) is 0.550. The lowest BCUT2D eigenvalue weighted by atomic mass is 9.85. The second-order valence-electron chi connectivity index (χ2n) is 7.45. The molecule has 0 aliphatic carbocycles. The van der Waals surface area contributed by atoms with Crippen molar-refractivity contribution in [2.24, 2.45) is 20.0 Å². The van der Waals surface area contributed by atoms with Crippen LogP contribution in [0, 0.1) is 17.2 Å². The van der Waals surface area contributed by atoms with Gasteiger partial charge in [-0.05, 0) is 37.9 Å². The van der Waals surface area contributed by atoms with E-state index in [4.69, 9.17) is 5.26 Å². The van der Waals surface area contributed by atoms with E-state index in [1.807, 2.05) is 25.0 Å². The predicted octanol–water partition coefficient (Wildman–Crippen LogP) is 2.18. The molecule has 1 aliphatic heterocycles. The maximum Gasteiger partial charge on any atom is 0.270 e. The summed E-state index contributed by atoms with van der Waals surface area (Å²) in [4.78, 5) is 17.2. The van der Waals surface area contributed by atoms with Crippen molar-refractivity contribution in [3.8, 4) is 6.07 Å². The van der Waals surface area contributed by atoms with Crippen LogP contribution in [-0.4, -0.2) is 56.7 Å². The number of nitriles is 1. The van der Waals surface area contributed by atoms with E-state index in [9.17, 15) is 4.79 Å². The third-order valence-electron chi connectivity index (χ3n) is 5.54. The van der Waals surface area contributed by atoms with E-state index < -0.39 is 0 Å². The molecular weight excluding hydrogens is 340 g/mol. The number of rotatable bonds is 5. The van der Waals surface area contributed by atoms with Gasteiger partial charge in [0, 0.05) is 51.7 Å². The molecule has 0 bridgehead atoms. The number of hydrogen-bond acceptors (Lipinski definition) is 4. The molecular formula is C20H28N6O. The standard InChI is InChI=1S/C20H28N6O/c1-5-26-8-6-7-16(19(26)17-11-22-25(4)14-17)13-24(3)20(27)18-9-15(10-21)12-23(18)2/h9,11-12,14,16,19H,5-8,13H2,1-4H3/t16-,19+/m0/s1. The Morgan fingerprint density at radius 3 is 2.78 bits per heavy atom. The van der Waals surface area contributed by atoms with E-state index >= 15 is 0 Å². The maximum absolute atomic E-state index is 12.9. The molecule has 1 aliphatic rings. The summed E-state index contributed by atoms with van der Waals surface area (Å²) in [5, 5.41) is 13.4. The summed E-state index contributed by atoms with van der Waals surface area (Å²) >= 11 is 0. The number of amides is 1. The van der Waals surface area contributed by atoms with Gasteiger partial charge in [-0.3, -0.25) is 14.4 Å². The van der Waals surface area contributed by atoms with Crippen molar-refractivity contribution in [3.05, 3.63) is 41.5 Å². The van der Waals surface area contributed by atoms with E-state index in [0.29, 0.717) is 23.7 Å². The van der Waals surface area contributed by atoms with Gasteiger partial charge >= 0.3 is 0 Å². The number of aryl methyl sites for hydroxylation is 2. The Morgan fingerprint density at radius 2 is 2.19 bits per heavy atom. The molecule has 1 amide bonds. The zero-order chi connectivity index (χ0) is 19.6. The van der Waals surface area contributed by atoms with Crippen LogP contribution in [0.25, 0.3) is 0 Å². The Hall–Kier alpha value is -2.59. The minimum Gasteiger partial charge on any atom is -0.345 e. The largest absolute Gasteiger partial charge is 0.345 e. The normalized spacial score (nSPS) is 20.4. The summed E-state index contributed by atoms with van der Waals surface area (Å²) in [6, 6.07) is 4.04. The molecule has 2 aromatic rings. The Morgan fingerprint density at radius 1 is 1.41 bits per heavy atom. The van der Waals surface area contributed by atoms with E-state index in [2.05, 4.69) is 29.2 Å². The van der Waals surface area contributed by atoms with Crippen molar-refractivity contribution in [2.45, 2.75) is 25.8 Å². The number of likely N-dealkylation sites (tertiary alicyclic amines) is 1. The minimum atomic E-state index is -0.0439. The highest BCUT2D eigenvalue weighted by atomic mass is 16.2. The first-order valence-corrected chi connectivity index (χ1v) is 9.49. The van der Waals surface area contributed by atoms with Crippen molar-refractivity contribution in [3.63, 3.8) is 0 Å². The minimum absolute atomic E-state index is 0.0439. The average molecular weight is 368 g/mol. The molecule has 7 heteroatoms. The summed E-state index contributed by atoms with van der Waals surface area (Å²) in [6.07, 6.45) is 7.96. The van der Waals surface area contributed by atoms with Gasteiger partial charge in [0.15, 0.2) is 0 Å². The zero-order valence-corrected chi connectivity index (χ0v) is 16.6. The lowest BCUT2D eigenvalue weighted by Crippen LogP contribution is -2.44. The van der Waals surface area contributed by atoms with Gasteiger partial charge in [0.1, 0.15) is 11.8 Å². The first-order valence-electron chi connectivity index (χ1n) is 9.49. The molecule has 1 saturated heterocycles. The van der Waals surface area contributed by atoms with Crippen molar-refractivity contribution in [1.82, 2.24) is 24.1 Å². The van der Waals surface area contributed by atoms with E-state index in [1.54, 1.807) is 28.8 Å². The first-order chi connectivity index (χ1) is 12.9. The van der Waals surface area contributed by atoms with Crippen molar-refractivity contribution < 1.29 is 4.79 Å². The van der Waals surface area contributed by atoms with E-state index in [1.165, 1.54) is 5.56 Å². The van der Waals surface area contributed by atoms with Crippen LogP contribution >= 0.6 is 0 Å². The maximum atomic E-state index is 12.9. The molecule has 144 valence electrons. The second-order valence-corrected chi connectivity index (χ2v) is 7.45. The van der Waals surface area contributed by atoms with Crippen LogP contribution in [-0.2, 0) is 14.1 Å². The number of piperidine rings is 1. The van der Waals surface area contributed by atoms with E-state index in [-0.39, 0.29) is 11.9 Å². The molecule has 0 saturated carbocycles. The van der Waals surface area contributed by atoms with Crippen LogP contribution in [0.15, 0.2) is 24.7 Å². The van der Waals surface area contributed by atoms with Gasteiger partial charge in [-0.1, -0.05) is 6.92 Å². The second kappa shape index (κ2) is 7.97. The van der Waals surface area contributed by atoms with Crippen LogP contribution in [0.3, 0.4) is 0 Å². The van der Waals surface area contributed by atoms with Crippen LogP contribution in [0.1, 0.15) is 47.4 Å². The predicted molar refractivity (Wildman–Crippen MR) is 103 cm³/mol. The number of carbonyl (C=O) groups excluding carboxylic acids is 1. The van der Waals surface area contributed by atoms with Crippen LogP contribution in [0.2, 0.25) is 0 Å². The Labute approximate surface area is 160 Å². The SMILES string of the molecule is CCN1CCC[C@@H](CN(C)C(=O)c2cc(C#N)cn2C)[C@@H]1c1cnn(C)c1. The first kappa shape index (κ1) is 19.2. The third-order valence-corrected chi connectivity index (χ3v) is 5.54. The highest BCUT2D eigenvalue weighted by Crippen LogP contribution is 2.36. The molecule has 0 aromatic carbocycles. The molecule has 0 unspecified atom stereocenters. The average Bonchev–Trinajstić information content (AvgIpc) is 3.26. The molecule has 3 rings (SSSR count). The van der Waals surface area contributed by atoms with Crippen molar-refractivity contribution in [1.29, 1.82) is 5.26 Å². The molecule has 2 aromatic heterocycles. The fourth-order valence-corrected chi connectivity index (χ4v) is 4.24. The van der Waals surface area contributed by atoms with Crippen LogP contribution < -0.4 is 0 Å². The number of carbonyl (C=O) groups is 1. The number of nitrogens with zero attached hydrogens (tertiary/aromatic N) is 6. The lowest BCUT2D eigenvalue weighted by Gasteiger charge is -2.42. The Balaban J connectivity index is 1.79. The summed E-state index contributed by atoms with van der Waals surface area (Å²) in [6.45, 7) is 4.93. The summed E-state index contributed by atoms with van der Waals surface area (Å²) in [5.74, 6) is 0.310. The van der Waals surface area contributed by atoms with Crippen molar-refractivity contribution >= 4 is 5.91 Å². The van der Waals surface area contributed by atoms with E-state index in [0.717, 1.165) is 25.9 Å². The summed E-state index contributed by atoms with van der Waals surface area (Å²) < 4.78 is 3.58. The van der Waals surface area contributed by atoms with Gasteiger partial charge in [0.05, 0.1) is 11.8 Å². The molecule has 27 heavy (non-hydrogen) atoms. The van der Waals surface area contributed by atoms with Gasteiger partial charge in [-0.25, -0.2) is 0 Å². The van der Waals surface area contributed by atoms with Gasteiger partial charge < -0.3 is 9.47 Å². The molecule has 3 heterocycles. The van der Waals surface area contributed by atoms with Gasteiger partial charge in [-0.15, -0.1) is 0 Å².